The zero-order valence-electron chi connectivity index (χ0n) is 15.3. The molecule has 152 valence electrons. The van der Waals surface area contributed by atoms with Gasteiger partial charge < -0.3 is 4.90 Å². The van der Waals surface area contributed by atoms with Gasteiger partial charge in [0.25, 0.3) is 5.91 Å². The SMILES string of the molecule is O=C(Cc1ccccc1Cl)N=C1S[C@@H]2CS(=O)(=O)C[C@H]2N1Cc1ccc(F)cc1. The Hall–Kier alpha value is -1.90. The molecular formula is C20H18ClFN2O3S2. The Bertz CT molecular complexity index is 1070. The van der Waals surface area contributed by atoms with Crippen molar-refractivity contribution in [1.29, 1.82) is 0 Å². The van der Waals surface area contributed by atoms with E-state index in [-0.39, 0.29) is 40.9 Å². The van der Waals surface area contributed by atoms with Crippen LogP contribution in [0.1, 0.15) is 11.1 Å². The molecule has 2 aliphatic rings. The van der Waals surface area contributed by atoms with Crippen molar-refractivity contribution in [2.75, 3.05) is 11.5 Å². The Morgan fingerprint density at radius 1 is 1.17 bits per heavy atom. The zero-order chi connectivity index (χ0) is 20.6. The smallest absolute Gasteiger partial charge is 0.252 e. The quantitative estimate of drug-likeness (QED) is 0.712. The minimum Gasteiger partial charge on any atom is -0.342 e. The first-order chi connectivity index (χ1) is 13.8. The molecule has 5 nitrogen and oxygen atoms in total. The predicted octanol–water partition coefficient (Wildman–Crippen LogP) is 3.32. The van der Waals surface area contributed by atoms with Crippen molar-refractivity contribution >= 4 is 44.3 Å². The third-order valence-corrected chi connectivity index (χ3v) is 8.58. The fourth-order valence-electron chi connectivity index (χ4n) is 3.56. The molecule has 2 aliphatic heterocycles. The van der Waals surface area contributed by atoms with Gasteiger partial charge in [0, 0.05) is 16.8 Å². The number of hydrogen-bond acceptors (Lipinski definition) is 4. The highest BCUT2D eigenvalue weighted by Crippen LogP contribution is 2.39. The van der Waals surface area contributed by atoms with Crippen LogP contribution in [0.15, 0.2) is 53.5 Å². The number of benzene rings is 2. The van der Waals surface area contributed by atoms with Crippen molar-refractivity contribution in [3.63, 3.8) is 0 Å². The van der Waals surface area contributed by atoms with Gasteiger partial charge >= 0.3 is 0 Å². The highest BCUT2D eigenvalue weighted by molar-refractivity contribution is 8.15. The molecule has 0 unspecified atom stereocenters. The van der Waals surface area contributed by atoms with Gasteiger partial charge in [0.15, 0.2) is 15.0 Å². The van der Waals surface area contributed by atoms with E-state index in [0.29, 0.717) is 22.3 Å². The van der Waals surface area contributed by atoms with Crippen molar-refractivity contribution in [1.82, 2.24) is 4.90 Å². The number of rotatable bonds is 4. The van der Waals surface area contributed by atoms with E-state index in [0.717, 1.165) is 5.56 Å². The van der Waals surface area contributed by atoms with Crippen molar-refractivity contribution in [2.45, 2.75) is 24.3 Å². The molecule has 9 heteroatoms. The third-order valence-electron chi connectivity index (χ3n) is 4.96. The van der Waals surface area contributed by atoms with Crippen LogP contribution in [0.2, 0.25) is 5.02 Å². The van der Waals surface area contributed by atoms with E-state index in [2.05, 4.69) is 4.99 Å². The second-order valence-electron chi connectivity index (χ2n) is 7.11. The van der Waals surface area contributed by atoms with Crippen molar-refractivity contribution in [3.8, 4) is 0 Å². The van der Waals surface area contributed by atoms with Gasteiger partial charge in [0.2, 0.25) is 0 Å². The lowest BCUT2D eigenvalue weighted by Crippen LogP contribution is -2.37. The molecule has 2 saturated heterocycles. The zero-order valence-corrected chi connectivity index (χ0v) is 17.7. The number of halogens is 2. The van der Waals surface area contributed by atoms with Gasteiger partial charge in [-0.25, -0.2) is 12.8 Å². The Morgan fingerprint density at radius 2 is 1.90 bits per heavy atom. The first kappa shape index (κ1) is 20.4. The number of carbonyl (C=O) groups is 1. The molecule has 2 fully saturated rings. The molecule has 0 radical (unpaired) electrons. The molecule has 0 bridgehead atoms. The van der Waals surface area contributed by atoms with E-state index in [9.17, 15) is 17.6 Å². The molecule has 29 heavy (non-hydrogen) atoms. The molecule has 2 aromatic rings. The summed E-state index contributed by atoms with van der Waals surface area (Å²) in [5, 5.41) is 0.856. The number of hydrogen-bond donors (Lipinski definition) is 0. The molecule has 0 aromatic heterocycles. The van der Waals surface area contributed by atoms with Crippen LogP contribution in [0.4, 0.5) is 4.39 Å². The molecule has 0 N–H and O–H groups in total. The summed E-state index contributed by atoms with van der Waals surface area (Å²) in [6.07, 6.45) is 0.0712. The molecule has 2 heterocycles. The molecule has 2 aromatic carbocycles. The molecule has 0 saturated carbocycles. The minimum absolute atomic E-state index is 0.0313. The van der Waals surface area contributed by atoms with E-state index in [1.54, 1.807) is 30.3 Å². The average Bonchev–Trinajstić information content (AvgIpc) is 3.11. The maximum atomic E-state index is 13.2. The Morgan fingerprint density at radius 3 is 2.62 bits per heavy atom. The Labute approximate surface area is 177 Å². The predicted molar refractivity (Wildman–Crippen MR) is 113 cm³/mol. The fourth-order valence-corrected chi connectivity index (χ4v) is 7.73. The van der Waals surface area contributed by atoms with E-state index < -0.39 is 9.84 Å². The van der Waals surface area contributed by atoms with Crippen LogP contribution in [-0.4, -0.2) is 47.2 Å². The molecule has 2 atom stereocenters. The van der Waals surface area contributed by atoms with Crippen LogP contribution < -0.4 is 0 Å². The number of amidine groups is 1. The maximum Gasteiger partial charge on any atom is 0.252 e. The first-order valence-corrected chi connectivity index (χ1v) is 12.1. The summed E-state index contributed by atoms with van der Waals surface area (Å²) in [6, 6.07) is 12.9. The monoisotopic (exact) mass is 452 g/mol. The average molecular weight is 453 g/mol. The highest BCUT2D eigenvalue weighted by Gasteiger charge is 2.48. The largest absolute Gasteiger partial charge is 0.342 e. The van der Waals surface area contributed by atoms with Gasteiger partial charge in [-0.3, -0.25) is 4.79 Å². The van der Waals surface area contributed by atoms with E-state index in [4.69, 9.17) is 11.6 Å². The normalized spacial score (nSPS) is 24.1. The van der Waals surface area contributed by atoms with Gasteiger partial charge in [-0.2, -0.15) is 4.99 Å². The topological polar surface area (TPSA) is 66.8 Å². The van der Waals surface area contributed by atoms with Gasteiger partial charge in [-0.15, -0.1) is 0 Å². The van der Waals surface area contributed by atoms with Crippen LogP contribution in [0, 0.1) is 5.82 Å². The van der Waals surface area contributed by atoms with Crippen LogP contribution in [0.3, 0.4) is 0 Å². The lowest BCUT2D eigenvalue weighted by atomic mass is 10.1. The second kappa shape index (κ2) is 8.08. The standard InChI is InChI=1S/C20H18ClFN2O3S2/c21-16-4-2-1-3-14(16)9-19(25)23-20-24(10-13-5-7-15(22)8-6-13)17-11-29(26,27)12-18(17)28-20/h1-8,17-18H,9-12H2/t17-,18-/m1/s1. The second-order valence-corrected chi connectivity index (χ2v) is 10.9. The maximum absolute atomic E-state index is 13.2. The number of carbonyl (C=O) groups excluding carboxylic acids is 1. The van der Waals surface area contributed by atoms with E-state index >= 15 is 0 Å². The van der Waals surface area contributed by atoms with Crippen molar-refractivity contribution in [3.05, 3.63) is 70.5 Å². The van der Waals surface area contributed by atoms with Gasteiger partial charge in [-0.05, 0) is 29.3 Å². The number of thioether (sulfide) groups is 1. The van der Waals surface area contributed by atoms with Gasteiger partial charge in [0.05, 0.1) is 24.0 Å². The van der Waals surface area contributed by atoms with Crippen molar-refractivity contribution < 1.29 is 17.6 Å². The number of amides is 1. The lowest BCUT2D eigenvalue weighted by molar-refractivity contribution is -0.117. The minimum atomic E-state index is -3.12. The number of fused-ring (bicyclic) bond motifs is 1. The number of nitrogens with zero attached hydrogens (tertiary/aromatic N) is 2. The summed E-state index contributed by atoms with van der Waals surface area (Å²) in [5.74, 6) is -0.578. The van der Waals surface area contributed by atoms with Gasteiger partial charge in [-0.1, -0.05) is 53.7 Å². The molecular weight excluding hydrogens is 435 g/mol. The number of aliphatic imine (C=N–C) groups is 1. The van der Waals surface area contributed by atoms with Crippen LogP contribution in [0.5, 0.6) is 0 Å². The summed E-state index contributed by atoms with van der Waals surface area (Å²) in [4.78, 5) is 18.7. The lowest BCUT2D eigenvalue weighted by Gasteiger charge is -2.24. The van der Waals surface area contributed by atoms with E-state index in [1.807, 2.05) is 11.0 Å². The van der Waals surface area contributed by atoms with Crippen molar-refractivity contribution in [2.24, 2.45) is 4.99 Å². The summed E-state index contributed by atoms with van der Waals surface area (Å²) >= 11 is 7.46. The Balaban J connectivity index is 1.58. The summed E-state index contributed by atoms with van der Waals surface area (Å²) in [6.45, 7) is 0.363. The molecule has 0 spiro atoms. The van der Waals surface area contributed by atoms with Crippen LogP contribution >= 0.6 is 23.4 Å². The van der Waals surface area contributed by atoms with Crippen LogP contribution in [0.25, 0.3) is 0 Å². The summed E-state index contributed by atoms with van der Waals surface area (Å²) in [7, 11) is -3.12. The summed E-state index contributed by atoms with van der Waals surface area (Å²) in [5.41, 5.74) is 1.52. The van der Waals surface area contributed by atoms with Gasteiger partial charge in [0.1, 0.15) is 5.82 Å². The fraction of sp³-hybridized carbons (Fsp3) is 0.300. The molecule has 0 aliphatic carbocycles. The molecule has 1 amide bonds. The van der Waals surface area contributed by atoms with Crippen LogP contribution in [-0.2, 0) is 27.6 Å². The number of sulfone groups is 1. The Kier molecular flexibility index (Phi) is 5.68. The van der Waals surface area contributed by atoms with E-state index in [1.165, 1.54) is 23.9 Å². The molecule has 4 rings (SSSR count). The summed E-state index contributed by atoms with van der Waals surface area (Å²) < 4.78 is 37.4. The highest BCUT2D eigenvalue weighted by atomic mass is 35.5. The third kappa shape index (κ3) is 4.65. The first-order valence-electron chi connectivity index (χ1n) is 9.04.